The summed E-state index contributed by atoms with van der Waals surface area (Å²) in [6.07, 6.45) is -4.43. The number of alkyl halides is 3. The second-order valence-corrected chi connectivity index (χ2v) is 7.12. The Morgan fingerprint density at radius 1 is 0.963 bits per heavy atom. The van der Waals surface area contributed by atoms with Crippen LogP contribution in [0.1, 0.15) is 5.56 Å². The van der Waals surface area contributed by atoms with E-state index >= 15 is 0 Å². The number of hydrogen-bond acceptors (Lipinski definition) is 5. The van der Waals surface area contributed by atoms with E-state index in [-0.39, 0.29) is 22.9 Å². The molecule has 0 aliphatic rings. The van der Waals surface area contributed by atoms with E-state index in [9.17, 15) is 21.6 Å². The van der Waals surface area contributed by atoms with Crippen LogP contribution in [0.3, 0.4) is 0 Å². The van der Waals surface area contributed by atoms with Gasteiger partial charge in [-0.1, -0.05) is 12.1 Å². The predicted molar refractivity (Wildman–Crippen MR) is 91.6 cm³/mol. The number of methoxy groups -OCH3 is 2. The zero-order valence-electron chi connectivity index (χ0n) is 14.5. The summed E-state index contributed by atoms with van der Waals surface area (Å²) >= 11 is 0. The zero-order chi connectivity index (χ0) is 20.1. The second kappa shape index (κ2) is 8.49. The third kappa shape index (κ3) is 6.04. The highest BCUT2D eigenvalue weighted by Crippen LogP contribution is 2.28. The Morgan fingerprint density at radius 2 is 1.59 bits per heavy atom. The lowest BCUT2D eigenvalue weighted by atomic mass is 10.2. The molecule has 0 saturated heterocycles. The Morgan fingerprint density at radius 3 is 2.15 bits per heavy atom. The van der Waals surface area contributed by atoms with Crippen LogP contribution in [0.15, 0.2) is 47.4 Å². The molecule has 0 bridgehead atoms. The van der Waals surface area contributed by atoms with E-state index in [1.165, 1.54) is 50.6 Å². The Labute approximate surface area is 154 Å². The van der Waals surface area contributed by atoms with E-state index in [2.05, 4.69) is 9.46 Å². The van der Waals surface area contributed by atoms with Crippen LogP contribution in [0.2, 0.25) is 0 Å². The van der Waals surface area contributed by atoms with Crippen molar-refractivity contribution in [1.82, 2.24) is 4.72 Å². The van der Waals surface area contributed by atoms with Crippen molar-refractivity contribution < 1.29 is 35.8 Å². The van der Waals surface area contributed by atoms with Gasteiger partial charge in [0.2, 0.25) is 10.0 Å². The molecule has 0 aromatic heterocycles. The van der Waals surface area contributed by atoms with Gasteiger partial charge in [0.15, 0.2) is 6.61 Å². The molecule has 0 unspecified atom stereocenters. The van der Waals surface area contributed by atoms with E-state index in [1.807, 2.05) is 0 Å². The van der Waals surface area contributed by atoms with E-state index in [0.717, 1.165) is 0 Å². The lowest BCUT2D eigenvalue weighted by Gasteiger charge is -2.13. The molecule has 0 heterocycles. The molecule has 0 amide bonds. The Bertz CT molecular complexity index is 867. The molecule has 0 aliphatic heterocycles. The third-order valence-corrected chi connectivity index (χ3v) is 4.87. The van der Waals surface area contributed by atoms with Crippen LogP contribution >= 0.6 is 0 Å². The molecular weight excluding hydrogens is 387 g/mol. The summed E-state index contributed by atoms with van der Waals surface area (Å²) in [5, 5.41) is 0. The Balaban J connectivity index is 2.07. The van der Waals surface area contributed by atoms with E-state index in [0.29, 0.717) is 11.3 Å². The number of nitrogens with one attached hydrogen (secondary N) is 1. The molecule has 0 radical (unpaired) electrons. The van der Waals surface area contributed by atoms with Crippen LogP contribution in [0.4, 0.5) is 13.2 Å². The van der Waals surface area contributed by atoms with Gasteiger partial charge in [-0.25, -0.2) is 13.1 Å². The maximum absolute atomic E-state index is 12.5. The minimum atomic E-state index is -4.43. The van der Waals surface area contributed by atoms with Gasteiger partial charge in [-0.3, -0.25) is 0 Å². The first-order valence-electron chi connectivity index (χ1n) is 7.65. The van der Waals surface area contributed by atoms with Gasteiger partial charge >= 0.3 is 6.18 Å². The van der Waals surface area contributed by atoms with Crippen molar-refractivity contribution in [2.45, 2.75) is 17.6 Å². The van der Waals surface area contributed by atoms with Gasteiger partial charge in [-0.05, 0) is 29.8 Å². The molecule has 2 rings (SSSR count). The van der Waals surface area contributed by atoms with Gasteiger partial charge in [0.1, 0.15) is 22.1 Å². The van der Waals surface area contributed by atoms with Crippen molar-refractivity contribution in [3.05, 3.63) is 48.0 Å². The summed E-state index contributed by atoms with van der Waals surface area (Å²) in [7, 11) is -1.15. The Kier molecular flexibility index (Phi) is 6.55. The molecule has 2 aromatic carbocycles. The van der Waals surface area contributed by atoms with E-state index in [4.69, 9.17) is 9.47 Å². The standard InChI is InChI=1S/C17H18F3NO5S/c1-24-14-7-8-15(25-2)16(9-14)27(22,23)21-10-12-3-5-13(6-4-12)26-11-17(18,19)20/h3-9,21H,10-11H2,1-2H3. The van der Waals surface area contributed by atoms with Gasteiger partial charge in [-0.15, -0.1) is 0 Å². The SMILES string of the molecule is COc1ccc(OC)c(S(=O)(=O)NCc2ccc(OCC(F)(F)F)cc2)c1. The predicted octanol–water partition coefficient (Wildman–Crippen LogP) is 3.12. The number of halogens is 3. The molecule has 1 N–H and O–H groups in total. The van der Waals surface area contributed by atoms with Crippen LogP contribution in [0.5, 0.6) is 17.2 Å². The van der Waals surface area contributed by atoms with Gasteiger partial charge in [0.25, 0.3) is 0 Å². The molecule has 148 valence electrons. The molecule has 6 nitrogen and oxygen atoms in total. The van der Waals surface area contributed by atoms with Crippen LogP contribution < -0.4 is 18.9 Å². The van der Waals surface area contributed by atoms with Crippen molar-refractivity contribution in [3.63, 3.8) is 0 Å². The summed E-state index contributed by atoms with van der Waals surface area (Å²) in [6, 6.07) is 9.98. The normalized spacial score (nSPS) is 11.9. The number of hydrogen-bond donors (Lipinski definition) is 1. The topological polar surface area (TPSA) is 73.9 Å². The minimum absolute atomic E-state index is 0.0356. The summed E-state index contributed by atoms with van der Waals surface area (Å²) in [5.74, 6) is 0.537. The van der Waals surface area contributed by atoms with Crippen molar-refractivity contribution in [2.75, 3.05) is 20.8 Å². The molecule has 27 heavy (non-hydrogen) atoms. The average Bonchev–Trinajstić information content (AvgIpc) is 2.64. The summed E-state index contributed by atoms with van der Waals surface area (Å²) in [5.41, 5.74) is 0.541. The van der Waals surface area contributed by atoms with Crippen LogP contribution in [0, 0.1) is 0 Å². The van der Waals surface area contributed by atoms with Crippen LogP contribution in [0.25, 0.3) is 0 Å². The lowest BCUT2D eigenvalue weighted by Crippen LogP contribution is -2.24. The summed E-state index contributed by atoms with van der Waals surface area (Å²) in [6.45, 7) is -1.46. The first-order valence-corrected chi connectivity index (χ1v) is 9.13. The molecule has 0 spiro atoms. The van der Waals surface area contributed by atoms with Crippen molar-refractivity contribution in [2.24, 2.45) is 0 Å². The van der Waals surface area contributed by atoms with Crippen molar-refractivity contribution in [1.29, 1.82) is 0 Å². The van der Waals surface area contributed by atoms with E-state index < -0.39 is 22.8 Å². The highest BCUT2D eigenvalue weighted by molar-refractivity contribution is 7.89. The van der Waals surface area contributed by atoms with Gasteiger partial charge in [0.05, 0.1) is 14.2 Å². The minimum Gasteiger partial charge on any atom is -0.497 e. The molecular formula is C17H18F3NO5S. The average molecular weight is 405 g/mol. The molecule has 2 aromatic rings. The summed E-state index contributed by atoms with van der Waals surface area (Å²) in [4.78, 5) is -0.0884. The molecule has 0 atom stereocenters. The van der Waals surface area contributed by atoms with Gasteiger partial charge in [-0.2, -0.15) is 13.2 Å². The highest BCUT2D eigenvalue weighted by atomic mass is 32.2. The number of benzene rings is 2. The number of sulfonamides is 1. The molecule has 10 heteroatoms. The fourth-order valence-electron chi connectivity index (χ4n) is 2.12. The van der Waals surface area contributed by atoms with Crippen LogP contribution in [-0.4, -0.2) is 35.4 Å². The molecule has 0 aliphatic carbocycles. The van der Waals surface area contributed by atoms with Gasteiger partial charge < -0.3 is 14.2 Å². The number of rotatable bonds is 8. The van der Waals surface area contributed by atoms with Crippen LogP contribution in [-0.2, 0) is 16.6 Å². The maximum atomic E-state index is 12.5. The van der Waals surface area contributed by atoms with Crippen molar-refractivity contribution >= 4 is 10.0 Å². The molecule has 0 saturated carbocycles. The molecule has 0 fully saturated rings. The fourth-order valence-corrected chi connectivity index (χ4v) is 3.32. The monoisotopic (exact) mass is 405 g/mol. The maximum Gasteiger partial charge on any atom is 0.422 e. The first-order chi connectivity index (χ1) is 12.6. The number of ether oxygens (including phenoxy) is 3. The largest absolute Gasteiger partial charge is 0.497 e. The fraction of sp³-hybridized carbons (Fsp3) is 0.294. The van der Waals surface area contributed by atoms with Gasteiger partial charge in [0, 0.05) is 12.6 Å². The smallest absolute Gasteiger partial charge is 0.422 e. The second-order valence-electron chi connectivity index (χ2n) is 5.39. The zero-order valence-corrected chi connectivity index (χ0v) is 15.4. The summed E-state index contributed by atoms with van der Waals surface area (Å²) < 4.78 is 78.6. The first kappa shape index (κ1) is 20.8. The highest BCUT2D eigenvalue weighted by Gasteiger charge is 2.28. The van der Waals surface area contributed by atoms with Crippen molar-refractivity contribution in [3.8, 4) is 17.2 Å². The van der Waals surface area contributed by atoms with E-state index in [1.54, 1.807) is 6.07 Å². The lowest BCUT2D eigenvalue weighted by molar-refractivity contribution is -0.153. The Hall–Kier alpha value is -2.46. The third-order valence-electron chi connectivity index (χ3n) is 3.45. The quantitative estimate of drug-likeness (QED) is 0.731.